The minimum absolute atomic E-state index is 0.266. The lowest BCUT2D eigenvalue weighted by atomic mass is 9.81. The highest BCUT2D eigenvalue weighted by Crippen LogP contribution is 2.46. The van der Waals surface area contributed by atoms with Gasteiger partial charge in [-0.25, -0.2) is 4.79 Å². The topological polar surface area (TPSA) is 34.5 Å². The predicted octanol–water partition coefficient (Wildman–Crippen LogP) is 5.98. The Kier molecular flexibility index (Phi) is 5.01. The van der Waals surface area contributed by atoms with Crippen LogP contribution in [0.4, 0.5) is 5.69 Å². The summed E-state index contributed by atoms with van der Waals surface area (Å²) in [6, 6.07) is 15.0. The van der Waals surface area contributed by atoms with E-state index >= 15 is 0 Å². The molecule has 1 fully saturated rings. The zero-order valence-corrected chi connectivity index (χ0v) is 18.0. The molecule has 4 nitrogen and oxygen atoms in total. The second-order valence-electron chi connectivity index (χ2n) is 8.76. The highest BCUT2D eigenvalue weighted by molar-refractivity contribution is 6.00. The number of rotatable bonds is 2. The lowest BCUT2D eigenvalue weighted by Gasteiger charge is -2.29. The van der Waals surface area contributed by atoms with Crippen LogP contribution in [0.3, 0.4) is 0 Å². The van der Waals surface area contributed by atoms with Gasteiger partial charge in [-0.2, -0.15) is 0 Å². The second-order valence-corrected chi connectivity index (χ2v) is 8.76. The quantitative estimate of drug-likeness (QED) is 0.494. The van der Waals surface area contributed by atoms with Crippen molar-refractivity contribution in [2.24, 2.45) is 0 Å². The predicted molar refractivity (Wildman–Crippen MR) is 122 cm³/mol. The van der Waals surface area contributed by atoms with Crippen molar-refractivity contribution in [2.75, 3.05) is 25.6 Å². The van der Waals surface area contributed by atoms with Crippen molar-refractivity contribution in [1.29, 1.82) is 0 Å². The first-order valence-electron chi connectivity index (χ1n) is 11.2. The first-order chi connectivity index (χ1) is 14.7. The van der Waals surface area contributed by atoms with Crippen molar-refractivity contribution >= 4 is 22.6 Å². The molecule has 1 aliphatic carbocycles. The molecule has 2 aromatic carbocycles. The smallest absolute Gasteiger partial charge is 0.337 e. The third-order valence-electron chi connectivity index (χ3n) is 6.98. The summed E-state index contributed by atoms with van der Waals surface area (Å²) in [5.74, 6) is 0.317. The number of aryl methyl sites for hydroxylation is 1. The van der Waals surface area contributed by atoms with Gasteiger partial charge in [0, 0.05) is 42.3 Å². The molecule has 0 bridgehead atoms. The van der Waals surface area contributed by atoms with Gasteiger partial charge in [0.15, 0.2) is 0 Å². The molecule has 4 heteroatoms. The Morgan fingerprint density at radius 2 is 1.80 bits per heavy atom. The van der Waals surface area contributed by atoms with Gasteiger partial charge in [-0.15, -0.1) is 0 Å². The maximum atomic E-state index is 12.3. The number of carbonyl (C=O) groups is 1. The molecule has 3 aromatic rings. The molecule has 2 heterocycles. The number of nitrogens with zero attached hydrogens (tertiary/aromatic N) is 2. The van der Waals surface area contributed by atoms with Gasteiger partial charge < -0.3 is 14.2 Å². The molecule has 2 aliphatic rings. The Balaban J connectivity index is 1.83. The summed E-state index contributed by atoms with van der Waals surface area (Å²) in [6.45, 7) is 1.98. The highest BCUT2D eigenvalue weighted by Gasteiger charge is 2.29. The number of esters is 1. The molecule has 0 atom stereocenters. The van der Waals surface area contributed by atoms with Crippen LogP contribution < -0.4 is 4.90 Å². The fourth-order valence-corrected chi connectivity index (χ4v) is 5.54. The van der Waals surface area contributed by atoms with Gasteiger partial charge in [-0.1, -0.05) is 43.5 Å². The second kappa shape index (κ2) is 7.82. The lowest BCUT2D eigenvalue weighted by Crippen LogP contribution is -2.23. The van der Waals surface area contributed by atoms with E-state index in [-0.39, 0.29) is 5.97 Å². The van der Waals surface area contributed by atoms with E-state index in [0.29, 0.717) is 11.5 Å². The van der Waals surface area contributed by atoms with Crippen molar-refractivity contribution in [3.63, 3.8) is 0 Å². The average molecular weight is 403 g/mol. The van der Waals surface area contributed by atoms with Crippen LogP contribution in [-0.4, -0.2) is 31.2 Å². The number of fused-ring (bicyclic) bond motifs is 5. The van der Waals surface area contributed by atoms with Gasteiger partial charge in [0.2, 0.25) is 0 Å². The molecule has 1 saturated carbocycles. The molecular weight excluding hydrogens is 372 g/mol. The fourth-order valence-electron chi connectivity index (χ4n) is 5.54. The molecule has 5 rings (SSSR count). The van der Waals surface area contributed by atoms with Crippen LogP contribution in [-0.2, 0) is 11.3 Å². The van der Waals surface area contributed by atoms with E-state index in [0.717, 1.165) is 19.5 Å². The number of ether oxygens (including phenoxy) is 1. The Morgan fingerprint density at radius 3 is 2.60 bits per heavy atom. The number of methoxy groups -OCH3 is 1. The van der Waals surface area contributed by atoms with Crippen LogP contribution in [0.25, 0.3) is 22.2 Å². The normalized spacial score (nSPS) is 17.2. The highest BCUT2D eigenvalue weighted by atomic mass is 16.5. The molecule has 0 unspecified atom stereocenters. The van der Waals surface area contributed by atoms with Crippen LogP contribution in [0.1, 0.15) is 60.4 Å². The number of para-hydroxylation sites is 1. The number of hydrogen-bond donors (Lipinski definition) is 0. The molecule has 0 radical (unpaired) electrons. The Hall–Kier alpha value is -2.75. The zero-order valence-electron chi connectivity index (χ0n) is 18.0. The van der Waals surface area contributed by atoms with Gasteiger partial charge in [0.1, 0.15) is 0 Å². The summed E-state index contributed by atoms with van der Waals surface area (Å²) < 4.78 is 7.50. The van der Waals surface area contributed by atoms with E-state index in [1.54, 1.807) is 0 Å². The molecule has 0 spiro atoms. The van der Waals surface area contributed by atoms with Crippen LogP contribution in [0.5, 0.6) is 0 Å². The minimum atomic E-state index is -0.266. The van der Waals surface area contributed by atoms with Gasteiger partial charge in [0.05, 0.1) is 18.4 Å². The van der Waals surface area contributed by atoms with Gasteiger partial charge in [0.25, 0.3) is 0 Å². The molecule has 0 saturated heterocycles. The van der Waals surface area contributed by atoms with E-state index < -0.39 is 0 Å². The molecule has 1 aromatic heterocycles. The molecule has 1 aliphatic heterocycles. The van der Waals surface area contributed by atoms with Crippen molar-refractivity contribution in [1.82, 2.24) is 4.57 Å². The van der Waals surface area contributed by atoms with E-state index in [4.69, 9.17) is 4.74 Å². The first-order valence-corrected chi connectivity index (χ1v) is 11.2. The largest absolute Gasteiger partial charge is 0.465 e. The summed E-state index contributed by atoms with van der Waals surface area (Å²) in [7, 11) is 3.65. The molecule has 30 heavy (non-hydrogen) atoms. The molecule has 0 N–H and O–H groups in total. The fraction of sp³-hybridized carbons (Fsp3) is 0.423. The number of carbonyl (C=O) groups excluding carboxylic acids is 1. The SMILES string of the molecule is COC(=O)c1ccc2c(C3CCCCC3)c3n(c2c1)CCCN(C)c1ccccc1-3. The Labute approximate surface area is 178 Å². The lowest BCUT2D eigenvalue weighted by molar-refractivity contribution is 0.0601. The summed E-state index contributed by atoms with van der Waals surface area (Å²) in [6.07, 6.45) is 7.54. The standard InChI is InChI=1S/C26H30N2O2/c1-27-15-8-16-28-23-17-19(26(29)30-2)13-14-20(23)24(18-9-4-3-5-10-18)25(28)21-11-6-7-12-22(21)27/h6-7,11-14,17-18H,3-5,8-10,15-16H2,1-2H3. The Morgan fingerprint density at radius 1 is 1.00 bits per heavy atom. The van der Waals surface area contributed by atoms with Crippen molar-refractivity contribution in [3.05, 3.63) is 53.6 Å². The van der Waals surface area contributed by atoms with Crippen molar-refractivity contribution in [2.45, 2.75) is 51.0 Å². The van der Waals surface area contributed by atoms with E-state index in [1.165, 1.54) is 72.6 Å². The minimum Gasteiger partial charge on any atom is -0.465 e. The Bertz CT molecular complexity index is 1090. The summed E-state index contributed by atoms with van der Waals surface area (Å²) in [4.78, 5) is 14.6. The third-order valence-corrected chi connectivity index (χ3v) is 6.98. The maximum absolute atomic E-state index is 12.3. The third kappa shape index (κ3) is 3.10. The van der Waals surface area contributed by atoms with Gasteiger partial charge in [-0.05, 0) is 48.9 Å². The van der Waals surface area contributed by atoms with Crippen LogP contribution >= 0.6 is 0 Å². The summed E-state index contributed by atoms with van der Waals surface area (Å²) in [5.41, 5.74) is 7.27. The number of anilines is 1. The summed E-state index contributed by atoms with van der Waals surface area (Å²) in [5, 5.41) is 1.31. The zero-order chi connectivity index (χ0) is 20.7. The van der Waals surface area contributed by atoms with Crippen LogP contribution in [0.2, 0.25) is 0 Å². The van der Waals surface area contributed by atoms with Crippen LogP contribution in [0.15, 0.2) is 42.5 Å². The van der Waals surface area contributed by atoms with E-state index in [2.05, 4.69) is 46.8 Å². The van der Waals surface area contributed by atoms with E-state index in [1.807, 2.05) is 12.1 Å². The van der Waals surface area contributed by atoms with Crippen molar-refractivity contribution < 1.29 is 9.53 Å². The summed E-state index contributed by atoms with van der Waals surface area (Å²) >= 11 is 0. The van der Waals surface area contributed by atoms with Crippen LogP contribution in [0, 0.1) is 0 Å². The molecule has 0 amide bonds. The van der Waals surface area contributed by atoms with Crippen molar-refractivity contribution in [3.8, 4) is 11.3 Å². The molecular formula is C26H30N2O2. The number of hydrogen-bond acceptors (Lipinski definition) is 3. The maximum Gasteiger partial charge on any atom is 0.337 e. The number of benzene rings is 2. The van der Waals surface area contributed by atoms with Gasteiger partial charge in [-0.3, -0.25) is 0 Å². The number of aromatic nitrogens is 1. The van der Waals surface area contributed by atoms with E-state index in [9.17, 15) is 4.79 Å². The molecule has 156 valence electrons. The average Bonchev–Trinajstić information content (AvgIpc) is 3.11. The monoisotopic (exact) mass is 402 g/mol. The van der Waals surface area contributed by atoms with Gasteiger partial charge >= 0.3 is 5.97 Å². The first kappa shape index (κ1) is 19.2.